The molecule has 3 nitrogen and oxygen atoms in total. The molecule has 0 aromatic carbocycles. The average molecular weight is 296 g/mol. The van der Waals surface area contributed by atoms with Gasteiger partial charge in [0.15, 0.2) is 0 Å². The van der Waals surface area contributed by atoms with Crippen LogP contribution in [0.2, 0.25) is 0 Å². The van der Waals surface area contributed by atoms with Crippen LogP contribution in [-0.2, 0) is 11.8 Å². The fourth-order valence-corrected chi connectivity index (χ4v) is 4.36. The number of nitrogens with two attached hydrogens (primary N) is 1. The standard InChI is InChI=1S/C16H28N2OS/c1-14(2,3)11-9-20-12(18-11)8-16(10-17)7-6-15(4,5)13(16)19/h9,13,19H,6-8,10,17H2,1-5H3. The summed E-state index contributed by atoms with van der Waals surface area (Å²) in [5, 5.41) is 13.9. The highest BCUT2D eigenvalue weighted by Gasteiger charge is 2.51. The number of aliphatic hydroxyl groups is 1. The Balaban J connectivity index is 2.22. The lowest BCUT2D eigenvalue weighted by Crippen LogP contribution is -2.44. The van der Waals surface area contributed by atoms with Crippen molar-refractivity contribution in [1.82, 2.24) is 4.98 Å². The predicted octanol–water partition coefficient (Wildman–Crippen LogP) is 3.11. The van der Waals surface area contributed by atoms with Gasteiger partial charge in [-0.25, -0.2) is 4.98 Å². The fourth-order valence-electron chi connectivity index (χ4n) is 3.18. The number of nitrogens with zero attached hydrogens (tertiary/aromatic N) is 1. The van der Waals surface area contributed by atoms with Crippen molar-refractivity contribution in [3.63, 3.8) is 0 Å². The third kappa shape index (κ3) is 2.78. The minimum atomic E-state index is -0.345. The first kappa shape index (κ1) is 15.9. The van der Waals surface area contributed by atoms with E-state index in [4.69, 9.17) is 10.7 Å². The molecule has 3 N–H and O–H groups in total. The summed E-state index contributed by atoms with van der Waals surface area (Å²) in [4.78, 5) is 4.77. The van der Waals surface area contributed by atoms with Crippen LogP contribution in [0.15, 0.2) is 5.38 Å². The van der Waals surface area contributed by atoms with Crippen LogP contribution in [0, 0.1) is 10.8 Å². The first-order chi connectivity index (χ1) is 9.11. The number of aliphatic hydroxyl groups excluding tert-OH is 1. The van der Waals surface area contributed by atoms with Crippen LogP contribution in [0.1, 0.15) is 58.2 Å². The van der Waals surface area contributed by atoms with Crippen LogP contribution >= 0.6 is 11.3 Å². The van der Waals surface area contributed by atoms with Gasteiger partial charge in [-0.05, 0) is 18.3 Å². The van der Waals surface area contributed by atoms with Gasteiger partial charge in [0.25, 0.3) is 0 Å². The molecular formula is C16H28N2OS. The summed E-state index contributed by atoms with van der Waals surface area (Å²) in [6, 6.07) is 0. The van der Waals surface area contributed by atoms with E-state index in [1.807, 2.05) is 0 Å². The summed E-state index contributed by atoms with van der Waals surface area (Å²) in [5.74, 6) is 0. The van der Waals surface area contributed by atoms with Crippen molar-refractivity contribution in [2.45, 2.75) is 65.4 Å². The van der Waals surface area contributed by atoms with Crippen molar-refractivity contribution >= 4 is 11.3 Å². The van der Waals surface area contributed by atoms with Crippen LogP contribution in [0.5, 0.6) is 0 Å². The predicted molar refractivity (Wildman–Crippen MR) is 85.0 cm³/mol. The zero-order valence-electron chi connectivity index (χ0n) is 13.4. The van der Waals surface area contributed by atoms with E-state index >= 15 is 0 Å². The molecule has 0 bridgehead atoms. The summed E-state index contributed by atoms with van der Waals surface area (Å²) >= 11 is 1.70. The topological polar surface area (TPSA) is 59.1 Å². The second-order valence-corrected chi connectivity index (χ2v) is 8.95. The van der Waals surface area contributed by atoms with E-state index in [2.05, 4.69) is 40.0 Å². The molecule has 1 fully saturated rings. The van der Waals surface area contributed by atoms with E-state index in [0.29, 0.717) is 6.54 Å². The van der Waals surface area contributed by atoms with Crippen molar-refractivity contribution in [2.75, 3.05) is 6.54 Å². The van der Waals surface area contributed by atoms with E-state index in [-0.39, 0.29) is 22.3 Å². The highest BCUT2D eigenvalue weighted by molar-refractivity contribution is 7.09. The van der Waals surface area contributed by atoms with Crippen LogP contribution in [0.4, 0.5) is 0 Å². The first-order valence-corrected chi connectivity index (χ1v) is 8.32. The molecule has 0 radical (unpaired) electrons. The van der Waals surface area contributed by atoms with Gasteiger partial charge in [-0.1, -0.05) is 34.6 Å². The SMILES string of the molecule is CC(C)(C)c1csc(CC2(CN)CCC(C)(C)C2O)n1. The third-order valence-corrected chi connectivity index (χ3v) is 5.67. The molecule has 1 heterocycles. The molecule has 0 aliphatic heterocycles. The molecule has 4 heteroatoms. The highest BCUT2D eigenvalue weighted by Crippen LogP contribution is 2.50. The van der Waals surface area contributed by atoms with E-state index in [1.165, 1.54) is 0 Å². The minimum Gasteiger partial charge on any atom is -0.392 e. The number of hydrogen-bond acceptors (Lipinski definition) is 4. The van der Waals surface area contributed by atoms with Gasteiger partial charge in [0.1, 0.15) is 0 Å². The molecule has 2 unspecified atom stereocenters. The number of hydrogen-bond donors (Lipinski definition) is 2. The second kappa shape index (κ2) is 5.08. The van der Waals surface area contributed by atoms with Gasteiger partial charge >= 0.3 is 0 Å². The van der Waals surface area contributed by atoms with Crippen molar-refractivity contribution in [1.29, 1.82) is 0 Å². The quantitative estimate of drug-likeness (QED) is 0.901. The van der Waals surface area contributed by atoms with Crippen molar-refractivity contribution in [2.24, 2.45) is 16.6 Å². The number of rotatable bonds is 3. The average Bonchev–Trinajstić information content (AvgIpc) is 2.89. The van der Waals surface area contributed by atoms with Crippen LogP contribution in [0.3, 0.4) is 0 Å². The lowest BCUT2D eigenvalue weighted by Gasteiger charge is -2.35. The molecule has 1 saturated carbocycles. The molecule has 2 rings (SSSR count). The summed E-state index contributed by atoms with van der Waals surface area (Å²) in [6.45, 7) is 11.3. The maximum absolute atomic E-state index is 10.7. The molecule has 1 aliphatic carbocycles. The smallest absolute Gasteiger partial charge is 0.0935 e. The normalized spacial score (nSPS) is 29.9. The lowest BCUT2D eigenvalue weighted by molar-refractivity contribution is -0.00468. The highest BCUT2D eigenvalue weighted by atomic mass is 32.1. The van der Waals surface area contributed by atoms with Gasteiger partial charge in [-0.3, -0.25) is 0 Å². The molecule has 1 aromatic heterocycles. The van der Waals surface area contributed by atoms with Gasteiger partial charge in [-0.2, -0.15) is 0 Å². The Labute approximate surface area is 126 Å². The van der Waals surface area contributed by atoms with E-state index < -0.39 is 0 Å². The van der Waals surface area contributed by atoms with Crippen molar-refractivity contribution in [3.8, 4) is 0 Å². The largest absolute Gasteiger partial charge is 0.392 e. The molecule has 114 valence electrons. The van der Waals surface area contributed by atoms with E-state index in [0.717, 1.165) is 30.0 Å². The molecule has 0 spiro atoms. The summed E-state index contributed by atoms with van der Waals surface area (Å²) in [7, 11) is 0. The maximum atomic E-state index is 10.7. The van der Waals surface area contributed by atoms with Gasteiger partial charge in [0, 0.05) is 29.2 Å². The number of thiazole rings is 1. The Kier molecular flexibility index (Phi) is 4.04. The van der Waals surface area contributed by atoms with Gasteiger partial charge in [-0.15, -0.1) is 11.3 Å². The van der Waals surface area contributed by atoms with Gasteiger partial charge in [0.05, 0.1) is 16.8 Å². The molecule has 0 saturated heterocycles. The van der Waals surface area contributed by atoms with Crippen LogP contribution < -0.4 is 5.73 Å². The molecule has 0 amide bonds. The van der Waals surface area contributed by atoms with E-state index in [1.54, 1.807) is 11.3 Å². The number of aromatic nitrogens is 1. The molecule has 1 aliphatic rings. The Bertz CT molecular complexity index is 475. The Morgan fingerprint density at radius 2 is 2.05 bits per heavy atom. The zero-order chi connectivity index (χ0) is 15.2. The van der Waals surface area contributed by atoms with Crippen molar-refractivity contribution in [3.05, 3.63) is 16.1 Å². The molecule has 20 heavy (non-hydrogen) atoms. The summed E-state index contributed by atoms with van der Waals surface area (Å²) in [6.07, 6.45) is 2.47. The van der Waals surface area contributed by atoms with E-state index in [9.17, 15) is 5.11 Å². The Morgan fingerprint density at radius 3 is 2.45 bits per heavy atom. The second-order valence-electron chi connectivity index (χ2n) is 8.01. The molecular weight excluding hydrogens is 268 g/mol. The Morgan fingerprint density at radius 1 is 1.40 bits per heavy atom. The van der Waals surface area contributed by atoms with Gasteiger partial charge in [0.2, 0.25) is 0 Å². The molecule has 1 aromatic rings. The zero-order valence-corrected chi connectivity index (χ0v) is 14.2. The Hall–Kier alpha value is -0.450. The first-order valence-electron chi connectivity index (χ1n) is 7.44. The van der Waals surface area contributed by atoms with Crippen LogP contribution in [-0.4, -0.2) is 22.7 Å². The third-order valence-electron chi connectivity index (χ3n) is 4.82. The minimum absolute atomic E-state index is 0.0382. The van der Waals surface area contributed by atoms with Crippen LogP contribution in [0.25, 0.3) is 0 Å². The van der Waals surface area contributed by atoms with Gasteiger partial charge < -0.3 is 10.8 Å². The summed E-state index contributed by atoms with van der Waals surface area (Å²) < 4.78 is 0. The molecule has 2 atom stereocenters. The lowest BCUT2D eigenvalue weighted by atomic mass is 9.76. The maximum Gasteiger partial charge on any atom is 0.0935 e. The van der Waals surface area contributed by atoms with Crippen molar-refractivity contribution < 1.29 is 5.11 Å². The monoisotopic (exact) mass is 296 g/mol. The summed E-state index contributed by atoms with van der Waals surface area (Å²) in [5.41, 5.74) is 7.02. The fraction of sp³-hybridized carbons (Fsp3) is 0.812.